The number of nitrogens with one attached hydrogen (secondary N) is 2. The van der Waals surface area contributed by atoms with Gasteiger partial charge in [-0.3, -0.25) is 9.59 Å². The van der Waals surface area contributed by atoms with Crippen LogP contribution in [0.1, 0.15) is 46.9 Å². The second kappa shape index (κ2) is 9.48. The van der Waals surface area contributed by atoms with E-state index >= 15 is 0 Å². The minimum absolute atomic E-state index is 0.00244. The second-order valence-corrected chi connectivity index (χ2v) is 9.08. The largest absolute Gasteiger partial charge is 0.451 e. The highest BCUT2D eigenvalue weighted by Gasteiger charge is 2.26. The van der Waals surface area contributed by atoms with Crippen molar-refractivity contribution in [2.24, 2.45) is 0 Å². The van der Waals surface area contributed by atoms with Gasteiger partial charge in [0, 0.05) is 33.1 Å². The summed E-state index contributed by atoms with van der Waals surface area (Å²) in [6.45, 7) is 0. The molecule has 8 nitrogen and oxygen atoms in total. The molecule has 0 spiro atoms. The fourth-order valence-corrected chi connectivity index (χ4v) is 4.34. The van der Waals surface area contributed by atoms with Gasteiger partial charge in [-0.25, -0.2) is 0 Å². The van der Waals surface area contributed by atoms with Crippen LogP contribution in [0.25, 0.3) is 22.4 Å². The van der Waals surface area contributed by atoms with Gasteiger partial charge in [-0.2, -0.15) is 0 Å². The van der Waals surface area contributed by atoms with Crippen molar-refractivity contribution in [2.75, 3.05) is 0 Å². The third-order valence-corrected chi connectivity index (χ3v) is 6.30. The van der Waals surface area contributed by atoms with E-state index in [-0.39, 0.29) is 35.5 Å². The molecule has 4 aromatic rings. The maximum atomic E-state index is 12.6. The average Bonchev–Trinajstić information content (AvgIpc) is 3.48. The van der Waals surface area contributed by atoms with Gasteiger partial charge in [-0.1, -0.05) is 23.2 Å². The van der Waals surface area contributed by atoms with E-state index in [1.54, 1.807) is 48.5 Å². The number of aromatic nitrogens is 2. The van der Waals surface area contributed by atoms with E-state index in [2.05, 4.69) is 20.8 Å². The number of furan rings is 1. The van der Waals surface area contributed by atoms with Crippen LogP contribution < -0.4 is 10.6 Å². The first kappa shape index (κ1) is 22.4. The molecule has 0 aliphatic heterocycles. The van der Waals surface area contributed by atoms with Gasteiger partial charge < -0.3 is 19.5 Å². The van der Waals surface area contributed by atoms with Crippen LogP contribution in [0.4, 0.5) is 0 Å². The number of hydrogen-bond acceptors (Lipinski definition) is 6. The predicted molar refractivity (Wildman–Crippen MR) is 127 cm³/mol. The molecule has 1 saturated carbocycles. The second-order valence-electron chi connectivity index (χ2n) is 8.21. The van der Waals surface area contributed by atoms with Crippen LogP contribution >= 0.6 is 23.2 Å². The van der Waals surface area contributed by atoms with Gasteiger partial charge in [0.25, 0.3) is 5.91 Å². The highest BCUT2D eigenvalue weighted by atomic mass is 35.5. The number of rotatable bonds is 5. The molecular weight excluding hydrogens is 479 g/mol. The van der Waals surface area contributed by atoms with Crippen molar-refractivity contribution in [3.63, 3.8) is 0 Å². The first-order chi connectivity index (χ1) is 16.4. The summed E-state index contributed by atoms with van der Waals surface area (Å²) >= 11 is 11.9. The number of hydrogen-bond donors (Lipinski definition) is 2. The number of amides is 2. The van der Waals surface area contributed by atoms with E-state index in [0.29, 0.717) is 34.0 Å². The molecule has 2 amide bonds. The molecule has 0 radical (unpaired) electrons. The Morgan fingerprint density at radius 3 is 2.15 bits per heavy atom. The van der Waals surface area contributed by atoms with Crippen LogP contribution in [-0.4, -0.2) is 34.1 Å². The van der Waals surface area contributed by atoms with Crippen molar-refractivity contribution >= 4 is 46.0 Å². The van der Waals surface area contributed by atoms with E-state index in [9.17, 15) is 9.59 Å². The molecular formula is C24H20Cl2N4O4. The monoisotopic (exact) mass is 498 g/mol. The summed E-state index contributed by atoms with van der Waals surface area (Å²) in [7, 11) is 0. The van der Waals surface area contributed by atoms with Gasteiger partial charge in [-0.15, -0.1) is 10.2 Å². The number of carbonyl (C=O) groups excluding carboxylic acids is 2. The van der Waals surface area contributed by atoms with Crippen molar-refractivity contribution < 1.29 is 18.4 Å². The minimum Gasteiger partial charge on any atom is -0.451 e. The van der Waals surface area contributed by atoms with Gasteiger partial charge in [0.2, 0.25) is 5.89 Å². The molecule has 5 rings (SSSR count). The highest BCUT2D eigenvalue weighted by molar-refractivity contribution is 6.31. The molecule has 1 fully saturated rings. The van der Waals surface area contributed by atoms with Crippen LogP contribution in [0, 0.1) is 0 Å². The summed E-state index contributed by atoms with van der Waals surface area (Å²) in [6.07, 6.45) is 2.88. The zero-order chi connectivity index (χ0) is 23.7. The first-order valence-electron chi connectivity index (χ1n) is 10.8. The molecule has 1 aliphatic carbocycles. The van der Waals surface area contributed by atoms with Gasteiger partial charge >= 0.3 is 11.8 Å². The van der Waals surface area contributed by atoms with Gasteiger partial charge in [0.1, 0.15) is 5.58 Å². The summed E-state index contributed by atoms with van der Waals surface area (Å²) < 4.78 is 11.1. The Kier molecular flexibility index (Phi) is 6.26. The molecule has 34 heavy (non-hydrogen) atoms. The van der Waals surface area contributed by atoms with Gasteiger partial charge in [0.05, 0.1) is 0 Å². The molecule has 1 aliphatic rings. The Labute approximate surface area is 204 Å². The average molecular weight is 499 g/mol. The zero-order valence-corrected chi connectivity index (χ0v) is 19.4. The maximum absolute atomic E-state index is 12.6. The van der Waals surface area contributed by atoms with Crippen LogP contribution in [0.2, 0.25) is 10.0 Å². The molecule has 0 atom stereocenters. The Balaban J connectivity index is 1.13. The Morgan fingerprint density at radius 2 is 1.44 bits per heavy atom. The molecule has 2 heterocycles. The maximum Gasteiger partial charge on any atom is 0.309 e. The van der Waals surface area contributed by atoms with E-state index in [1.165, 1.54) is 0 Å². The standard InChI is InChI=1S/C24H20Cl2N4O4/c25-15-3-1-13(2-4-15)23-29-30-24(34-23)22(32)28-18-8-6-17(7-9-18)27-21(31)20-12-14-11-16(26)5-10-19(14)33-20/h1-5,10-12,17-18H,6-9H2,(H,27,31)(H,28,32)/t17-,18-. The van der Waals surface area contributed by atoms with Crippen molar-refractivity contribution in [1.82, 2.24) is 20.8 Å². The lowest BCUT2D eigenvalue weighted by atomic mass is 9.91. The first-order valence-corrected chi connectivity index (χ1v) is 11.6. The van der Waals surface area contributed by atoms with E-state index in [1.807, 2.05) is 0 Å². The SMILES string of the molecule is O=C(N[C@H]1CC[C@H](NC(=O)c2nnc(-c3ccc(Cl)cc3)o2)CC1)c1cc2cc(Cl)ccc2o1. The normalized spacial score (nSPS) is 18.1. The van der Waals surface area contributed by atoms with Crippen LogP contribution in [0.5, 0.6) is 0 Å². The number of nitrogens with zero attached hydrogens (tertiary/aromatic N) is 2. The lowest BCUT2D eigenvalue weighted by Gasteiger charge is -2.29. The third kappa shape index (κ3) is 4.93. The topological polar surface area (TPSA) is 110 Å². The molecule has 0 saturated heterocycles. The molecule has 0 bridgehead atoms. The number of carbonyl (C=O) groups is 2. The Morgan fingerprint density at radius 1 is 0.794 bits per heavy atom. The number of benzene rings is 2. The molecule has 2 N–H and O–H groups in total. The third-order valence-electron chi connectivity index (χ3n) is 5.81. The zero-order valence-electron chi connectivity index (χ0n) is 17.9. The summed E-state index contributed by atoms with van der Waals surface area (Å²) in [5.41, 5.74) is 1.29. The number of fused-ring (bicyclic) bond motifs is 1. The summed E-state index contributed by atoms with van der Waals surface area (Å²) in [6, 6.07) is 13.8. The van der Waals surface area contributed by atoms with Crippen molar-refractivity contribution in [2.45, 2.75) is 37.8 Å². The van der Waals surface area contributed by atoms with Crippen molar-refractivity contribution in [1.29, 1.82) is 0 Å². The summed E-state index contributed by atoms with van der Waals surface area (Å²) in [5.74, 6) is -0.270. The molecule has 2 aromatic heterocycles. The quantitative estimate of drug-likeness (QED) is 0.388. The lowest BCUT2D eigenvalue weighted by Crippen LogP contribution is -2.43. The van der Waals surface area contributed by atoms with E-state index < -0.39 is 5.91 Å². The highest BCUT2D eigenvalue weighted by Crippen LogP contribution is 2.25. The fraction of sp³-hybridized carbons (Fsp3) is 0.250. The lowest BCUT2D eigenvalue weighted by molar-refractivity contribution is 0.0862. The predicted octanol–water partition coefficient (Wildman–Crippen LogP) is 5.26. The fourth-order valence-electron chi connectivity index (χ4n) is 4.04. The van der Waals surface area contributed by atoms with E-state index in [0.717, 1.165) is 18.2 Å². The summed E-state index contributed by atoms with van der Waals surface area (Å²) in [5, 5.41) is 15.7. The molecule has 174 valence electrons. The smallest absolute Gasteiger partial charge is 0.309 e. The van der Waals surface area contributed by atoms with Crippen molar-refractivity contribution in [3.05, 3.63) is 70.2 Å². The van der Waals surface area contributed by atoms with Crippen molar-refractivity contribution in [3.8, 4) is 11.5 Å². The Bertz CT molecular complexity index is 1340. The number of halogens is 2. The van der Waals surface area contributed by atoms with Gasteiger partial charge in [-0.05, 0) is 74.2 Å². The van der Waals surface area contributed by atoms with E-state index in [4.69, 9.17) is 32.0 Å². The minimum atomic E-state index is -0.416. The summed E-state index contributed by atoms with van der Waals surface area (Å²) in [4.78, 5) is 25.2. The van der Waals surface area contributed by atoms with Gasteiger partial charge in [0.15, 0.2) is 5.76 Å². The molecule has 2 aromatic carbocycles. The molecule has 0 unspecified atom stereocenters. The van der Waals surface area contributed by atoms with Crippen LogP contribution in [0.3, 0.4) is 0 Å². The van der Waals surface area contributed by atoms with Crippen LogP contribution in [-0.2, 0) is 0 Å². The Hall–Kier alpha value is -3.36. The molecule has 10 heteroatoms. The van der Waals surface area contributed by atoms with Crippen LogP contribution in [0.15, 0.2) is 57.4 Å².